The van der Waals surface area contributed by atoms with Crippen LogP contribution in [0.4, 0.5) is 10.1 Å². The van der Waals surface area contributed by atoms with Crippen LogP contribution in [0.2, 0.25) is 0 Å². The monoisotopic (exact) mass is 238 g/mol. The Balaban J connectivity index is 2.65. The Morgan fingerprint density at radius 3 is 2.71 bits per heavy atom. The lowest BCUT2D eigenvalue weighted by molar-refractivity contribution is -0.118. The molecule has 94 valence electrons. The number of carbonyl (C=O) groups is 1. The maximum absolute atomic E-state index is 13.1. The van der Waals surface area contributed by atoms with Crippen molar-refractivity contribution in [2.45, 2.75) is 20.8 Å². The van der Waals surface area contributed by atoms with E-state index in [1.54, 1.807) is 13.0 Å². The van der Waals surface area contributed by atoms with E-state index in [1.807, 2.05) is 13.0 Å². The molecule has 0 heterocycles. The summed E-state index contributed by atoms with van der Waals surface area (Å²) in [5.41, 5.74) is 1.62. The highest BCUT2D eigenvalue weighted by Crippen LogP contribution is 2.17. The molecule has 0 saturated carbocycles. The molecule has 0 spiro atoms. The van der Waals surface area contributed by atoms with Crippen molar-refractivity contribution in [1.29, 1.82) is 0 Å². The van der Waals surface area contributed by atoms with Crippen LogP contribution in [0.3, 0.4) is 0 Å². The molecule has 0 atom stereocenters. The number of nitrogens with zero attached hydrogens (tertiary/aromatic N) is 1. The van der Waals surface area contributed by atoms with Gasteiger partial charge in [-0.05, 0) is 37.6 Å². The van der Waals surface area contributed by atoms with E-state index in [0.29, 0.717) is 12.1 Å². The van der Waals surface area contributed by atoms with Gasteiger partial charge in [-0.3, -0.25) is 4.79 Å². The summed E-state index contributed by atoms with van der Waals surface area (Å²) in [7, 11) is 0. The molecular formula is C13H19FN2O. The average molecular weight is 238 g/mol. The zero-order valence-corrected chi connectivity index (χ0v) is 10.6. The van der Waals surface area contributed by atoms with Crippen molar-refractivity contribution in [2.24, 2.45) is 0 Å². The minimum absolute atomic E-state index is 0.0312. The molecule has 3 nitrogen and oxygen atoms in total. The molecule has 1 rings (SSSR count). The molecule has 4 heteroatoms. The summed E-state index contributed by atoms with van der Waals surface area (Å²) in [5, 5.41) is 2.75. The average Bonchev–Trinajstić information content (AvgIpc) is 2.28. The lowest BCUT2D eigenvalue weighted by Gasteiger charge is -2.23. The van der Waals surface area contributed by atoms with Crippen LogP contribution in [0.25, 0.3) is 0 Å². The standard InChI is InChI=1S/C13H19FN2O/c1-4-16(8-7-15-11(3)17)12-5-6-13(14)10(2)9-12/h5-6,9H,4,7-8H2,1-3H3,(H,15,17). The van der Waals surface area contributed by atoms with E-state index in [9.17, 15) is 9.18 Å². The van der Waals surface area contributed by atoms with Gasteiger partial charge in [0.25, 0.3) is 0 Å². The SMILES string of the molecule is CCN(CCNC(C)=O)c1ccc(F)c(C)c1. The van der Waals surface area contributed by atoms with Gasteiger partial charge in [0.2, 0.25) is 5.91 Å². The third-order valence-corrected chi connectivity index (χ3v) is 2.64. The summed E-state index contributed by atoms with van der Waals surface area (Å²) < 4.78 is 13.1. The number of likely N-dealkylation sites (N-methyl/N-ethyl adjacent to an activating group) is 1. The number of nitrogens with one attached hydrogen (secondary N) is 1. The number of anilines is 1. The summed E-state index contributed by atoms with van der Waals surface area (Å²) in [6, 6.07) is 5.07. The van der Waals surface area contributed by atoms with Crippen molar-refractivity contribution < 1.29 is 9.18 Å². The van der Waals surface area contributed by atoms with Crippen LogP contribution in [-0.4, -0.2) is 25.5 Å². The molecule has 0 aliphatic rings. The van der Waals surface area contributed by atoms with Crippen LogP contribution in [0.5, 0.6) is 0 Å². The van der Waals surface area contributed by atoms with Gasteiger partial charge in [-0.1, -0.05) is 0 Å². The fourth-order valence-corrected chi connectivity index (χ4v) is 1.66. The second kappa shape index (κ2) is 6.23. The number of carbonyl (C=O) groups excluding carboxylic acids is 1. The zero-order valence-electron chi connectivity index (χ0n) is 10.6. The maximum atomic E-state index is 13.1. The van der Waals surface area contributed by atoms with Gasteiger partial charge < -0.3 is 10.2 Å². The Labute approximate surface area is 102 Å². The summed E-state index contributed by atoms with van der Waals surface area (Å²) in [6.45, 7) is 7.43. The summed E-state index contributed by atoms with van der Waals surface area (Å²) in [4.78, 5) is 12.9. The number of aryl methyl sites for hydroxylation is 1. The van der Waals surface area contributed by atoms with Crippen LogP contribution >= 0.6 is 0 Å². The fourth-order valence-electron chi connectivity index (χ4n) is 1.66. The Bertz CT molecular complexity index is 393. The molecule has 1 aromatic rings. The molecule has 0 aromatic heterocycles. The minimum Gasteiger partial charge on any atom is -0.370 e. The van der Waals surface area contributed by atoms with Crippen molar-refractivity contribution in [3.05, 3.63) is 29.6 Å². The largest absolute Gasteiger partial charge is 0.370 e. The summed E-state index contributed by atoms with van der Waals surface area (Å²) in [6.07, 6.45) is 0. The third-order valence-electron chi connectivity index (χ3n) is 2.64. The lowest BCUT2D eigenvalue weighted by Crippen LogP contribution is -2.33. The van der Waals surface area contributed by atoms with E-state index in [-0.39, 0.29) is 11.7 Å². The van der Waals surface area contributed by atoms with Crippen molar-refractivity contribution in [2.75, 3.05) is 24.5 Å². The summed E-state index contributed by atoms with van der Waals surface area (Å²) in [5.74, 6) is -0.219. The number of hydrogen-bond donors (Lipinski definition) is 1. The highest BCUT2D eigenvalue weighted by molar-refractivity contribution is 5.72. The molecule has 1 aromatic carbocycles. The van der Waals surface area contributed by atoms with Crippen LogP contribution in [0.15, 0.2) is 18.2 Å². The third kappa shape index (κ3) is 4.06. The van der Waals surface area contributed by atoms with E-state index in [4.69, 9.17) is 0 Å². The Morgan fingerprint density at radius 1 is 1.47 bits per heavy atom. The first kappa shape index (κ1) is 13.5. The quantitative estimate of drug-likeness (QED) is 0.852. The predicted octanol–water partition coefficient (Wildman–Crippen LogP) is 2.10. The number of hydrogen-bond acceptors (Lipinski definition) is 2. The Morgan fingerprint density at radius 2 is 2.18 bits per heavy atom. The normalized spacial score (nSPS) is 10.1. The van der Waals surface area contributed by atoms with Crippen molar-refractivity contribution in [1.82, 2.24) is 5.32 Å². The van der Waals surface area contributed by atoms with Crippen LogP contribution < -0.4 is 10.2 Å². The minimum atomic E-state index is -0.188. The molecule has 0 bridgehead atoms. The molecule has 0 fully saturated rings. The summed E-state index contributed by atoms with van der Waals surface area (Å²) >= 11 is 0. The lowest BCUT2D eigenvalue weighted by atomic mass is 10.2. The topological polar surface area (TPSA) is 32.3 Å². The smallest absolute Gasteiger partial charge is 0.216 e. The van der Waals surface area contributed by atoms with Gasteiger partial charge in [-0.2, -0.15) is 0 Å². The number of benzene rings is 1. The van der Waals surface area contributed by atoms with Gasteiger partial charge >= 0.3 is 0 Å². The van der Waals surface area contributed by atoms with Crippen molar-refractivity contribution in [3.8, 4) is 0 Å². The van der Waals surface area contributed by atoms with E-state index >= 15 is 0 Å². The van der Waals surface area contributed by atoms with E-state index in [0.717, 1.165) is 18.8 Å². The van der Waals surface area contributed by atoms with E-state index < -0.39 is 0 Å². The second-order valence-electron chi connectivity index (χ2n) is 4.00. The van der Waals surface area contributed by atoms with Gasteiger partial charge in [-0.15, -0.1) is 0 Å². The molecule has 1 N–H and O–H groups in total. The van der Waals surface area contributed by atoms with Crippen molar-refractivity contribution in [3.63, 3.8) is 0 Å². The first-order valence-electron chi connectivity index (χ1n) is 5.80. The Hall–Kier alpha value is -1.58. The number of amides is 1. The highest BCUT2D eigenvalue weighted by atomic mass is 19.1. The zero-order chi connectivity index (χ0) is 12.8. The molecule has 0 aliphatic heterocycles. The van der Waals surface area contributed by atoms with Crippen LogP contribution in [0.1, 0.15) is 19.4 Å². The maximum Gasteiger partial charge on any atom is 0.216 e. The van der Waals surface area contributed by atoms with Crippen molar-refractivity contribution >= 4 is 11.6 Å². The fraction of sp³-hybridized carbons (Fsp3) is 0.462. The number of rotatable bonds is 5. The molecule has 17 heavy (non-hydrogen) atoms. The van der Waals surface area contributed by atoms with Crippen LogP contribution in [0, 0.1) is 12.7 Å². The van der Waals surface area contributed by atoms with E-state index in [2.05, 4.69) is 10.2 Å². The van der Waals surface area contributed by atoms with E-state index in [1.165, 1.54) is 13.0 Å². The molecule has 0 radical (unpaired) electrons. The van der Waals surface area contributed by atoms with Gasteiger partial charge in [0.05, 0.1) is 0 Å². The molecule has 0 unspecified atom stereocenters. The number of halogens is 1. The van der Waals surface area contributed by atoms with Gasteiger partial charge in [0.15, 0.2) is 0 Å². The van der Waals surface area contributed by atoms with Gasteiger partial charge in [0, 0.05) is 32.2 Å². The van der Waals surface area contributed by atoms with Gasteiger partial charge in [0.1, 0.15) is 5.82 Å². The molecular weight excluding hydrogens is 219 g/mol. The van der Waals surface area contributed by atoms with Gasteiger partial charge in [-0.25, -0.2) is 4.39 Å². The first-order chi connectivity index (χ1) is 8.04. The first-order valence-corrected chi connectivity index (χ1v) is 5.80. The predicted molar refractivity (Wildman–Crippen MR) is 67.7 cm³/mol. The molecule has 0 saturated heterocycles. The second-order valence-corrected chi connectivity index (χ2v) is 4.00. The Kier molecular flexibility index (Phi) is 4.94. The van der Waals surface area contributed by atoms with Crippen LogP contribution in [-0.2, 0) is 4.79 Å². The highest BCUT2D eigenvalue weighted by Gasteiger charge is 2.06. The molecule has 0 aliphatic carbocycles. The molecule has 1 amide bonds.